The number of halogens is 1. The first-order valence-corrected chi connectivity index (χ1v) is 11.6. The van der Waals surface area contributed by atoms with Gasteiger partial charge in [0.1, 0.15) is 0 Å². The molecule has 0 N–H and O–H groups in total. The third kappa shape index (κ3) is 6.02. The number of carbonyl (C=O) groups is 1. The van der Waals surface area contributed by atoms with E-state index < -0.39 is 10.8 Å². The second-order valence-electron chi connectivity index (χ2n) is 7.46. The minimum absolute atomic E-state index is 0.236. The average Bonchev–Trinajstić information content (AvgIpc) is 2.64. The molecule has 1 saturated carbocycles. The monoisotopic (exact) mass is 402 g/mol. The predicted molar refractivity (Wildman–Crippen MR) is 113 cm³/mol. The van der Waals surface area contributed by atoms with Crippen LogP contribution in [0.4, 0.5) is 0 Å². The predicted octanol–water partition coefficient (Wildman–Crippen LogP) is 6.58. The maximum Gasteiger partial charge on any atom is 0.163 e. The highest BCUT2D eigenvalue weighted by atomic mass is 35.5. The summed E-state index contributed by atoms with van der Waals surface area (Å²) in [6.07, 6.45) is 9.49. The molecule has 144 valence electrons. The fourth-order valence-corrected chi connectivity index (χ4v) is 5.33. The molecule has 0 amide bonds. The van der Waals surface area contributed by atoms with Crippen LogP contribution < -0.4 is 0 Å². The fraction of sp³-hybridized carbons (Fsp3) is 0.435. The minimum atomic E-state index is -1.19. The van der Waals surface area contributed by atoms with Gasteiger partial charge in [0, 0.05) is 12.0 Å². The second-order valence-corrected chi connectivity index (χ2v) is 9.28. The molecule has 1 atom stereocenters. The van der Waals surface area contributed by atoms with Crippen molar-refractivity contribution in [2.45, 2.75) is 62.0 Å². The summed E-state index contributed by atoms with van der Waals surface area (Å²) < 4.78 is 12.5. The number of rotatable bonds is 6. The lowest BCUT2D eigenvalue weighted by Crippen LogP contribution is -2.11. The Balaban J connectivity index is 1.58. The molecule has 4 heteroatoms. The van der Waals surface area contributed by atoms with Crippen LogP contribution >= 0.6 is 11.6 Å². The number of benzene rings is 2. The van der Waals surface area contributed by atoms with Gasteiger partial charge in [0.25, 0.3) is 0 Å². The molecule has 2 aromatic carbocycles. The third-order valence-corrected chi connectivity index (χ3v) is 7.24. The Morgan fingerprint density at radius 1 is 0.926 bits per heavy atom. The van der Waals surface area contributed by atoms with Crippen molar-refractivity contribution < 1.29 is 9.00 Å². The van der Waals surface area contributed by atoms with E-state index in [0.717, 1.165) is 11.1 Å². The van der Waals surface area contributed by atoms with E-state index in [1.54, 1.807) is 12.1 Å². The van der Waals surface area contributed by atoms with Crippen molar-refractivity contribution in [2.75, 3.05) is 0 Å². The number of carbonyl (C=O) groups excluding carboxylic acids is 1. The van der Waals surface area contributed by atoms with E-state index in [1.165, 1.54) is 44.9 Å². The molecule has 0 aromatic heterocycles. The van der Waals surface area contributed by atoms with Crippen LogP contribution in [0, 0.1) is 5.92 Å². The minimum Gasteiger partial charge on any atom is -0.294 e. The van der Waals surface area contributed by atoms with Crippen molar-refractivity contribution >= 4 is 28.2 Å². The van der Waals surface area contributed by atoms with Gasteiger partial charge in [-0.3, -0.25) is 9.00 Å². The molecule has 0 radical (unpaired) electrons. The lowest BCUT2D eigenvalue weighted by molar-refractivity contribution is 0.0953. The van der Waals surface area contributed by atoms with E-state index in [9.17, 15) is 9.00 Å². The summed E-state index contributed by atoms with van der Waals surface area (Å²) in [7, 11) is -1.19. The highest BCUT2D eigenvalue weighted by Crippen LogP contribution is 2.26. The normalized spacial score (nSPS) is 17.1. The third-order valence-electron chi connectivity index (χ3n) is 5.35. The van der Waals surface area contributed by atoms with Crippen molar-refractivity contribution in [1.29, 1.82) is 0 Å². The number of hydrogen-bond acceptors (Lipinski definition) is 2. The summed E-state index contributed by atoms with van der Waals surface area (Å²) in [6, 6.07) is 14.8. The van der Waals surface area contributed by atoms with E-state index in [1.807, 2.05) is 36.4 Å². The van der Waals surface area contributed by atoms with Crippen LogP contribution in [-0.2, 0) is 16.6 Å². The van der Waals surface area contributed by atoms with Gasteiger partial charge in [0.05, 0.1) is 26.5 Å². The maximum atomic E-state index is 12.6. The van der Waals surface area contributed by atoms with Crippen molar-refractivity contribution in [3.05, 3.63) is 64.7 Å². The zero-order chi connectivity index (χ0) is 19.1. The molecule has 0 spiro atoms. The van der Waals surface area contributed by atoms with Crippen molar-refractivity contribution in [2.24, 2.45) is 5.92 Å². The zero-order valence-corrected chi connectivity index (χ0v) is 17.2. The highest BCUT2D eigenvalue weighted by Gasteiger charge is 2.17. The van der Waals surface area contributed by atoms with E-state index in [4.69, 9.17) is 11.6 Å². The smallest absolute Gasteiger partial charge is 0.163 e. The summed E-state index contributed by atoms with van der Waals surface area (Å²) >= 11 is 6.13. The van der Waals surface area contributed by atoms with Crippen LogP contribution in [-0.4, -0.2) is 9.99 Å². The molecular formula is C23H27ClO2S. The molecular weight excluding hydrogens is 376 g/mol. The van der Waals surface area contributed by atoms with Crippen LogP contribution in [0.5, 0.6) is 0 Å². The Hall–Kier alpha value is -1.45. The molecule has 0 bridgehead atoms. The molecule has 27 heavy (non-hydrogen) atoms. The number of hydrogen-bond donors (Lipinski definition) is 0. The lowest BCUT2D eigenvalue weighted by atomic mass is 9.86. The maximum absolute atomic E-state index is 12.6. The van der Waals surface area contributed by atoms with Crippen LogP contribution in [0.25, 0.3) is 0 Å². The van der Waals surface area contributed by atoms with Gasteiger partial charge in [0.2, 0.25) is 0 Å². The second kappa shape index (κ2) is 10.2. The summed E-state index contributed by atoms with van der Waals surface area (Å²) in [6.45, 7) is 0. The Kier molecular flexibility index (Phi) is 7.66. The van der Waals surface area contributed by atoms with E-state index >= 15 is 0 Å². The Morgan fingerprint density at radius 2 is 1.56 bits per heavy atom. The molecule has 0 saturated heterocycles. The highest BCUT2D eigenvalue weighted by molar-refractivity contribution is 7.84. The summed E-state index contributed by atoms with van der Waals surface area (Å²) in [5, 5.41) is 0.529. The molecule has 0 heterocycles. The van der Waals surface area contributed by atoms with Crippen molar-refractivity contribution in [1.82, 2.24) is 0 Å². The molecule has 2 aromatic rings. The van der Waals surface area contributed by atoms with Gasteiger partial charge in [-0.25, -0.2) is 0 Å². The van der Waals surface area contributed by atoms with Crippen molar-refractivity contribution in [3.8, 4) is 0 Å². The van der Waals surface area contributed by atoms with Crippen LogP contribution in [0.3, 0.4) is 0 Å². The van der Waals surface area contributed by atoms with Gasteiger partial charge >= 0.3 is 0 Å². The molecule has 1 unspecified atom stereocenters. The van der Waals surface area contributed by atoms with Crippen LogP contribution in [0.15, 0.2) is 53.4 Å². The number of ketones is 1. The number of Topliss-reactive ketones (excluding diaryl/α,β-unsaturated/α-hetero) is 1. The summed E-state index contributed by atoms with van der Waals surface area (Å²) in [5.41, 5.74) is 1.72. The van der Waals surface area contributed by atoms with Gasteiger partial charge in [-0.05, 0) is 23.6 Å². The summed E-state index contributed by atoms with van der Waals surface area (Å²) in [4.78, 5) is 13.3. The van der Waals surface area contributed by atoms with Gasteiger partial charge in [0.15, 0.2) is 5.78 Å². The zero-order valence-electron chi connectivity index (χ0n) is 15.7. The molecule has 1 fully saturated rings. The largest absolute Gasteiger partial charge is 0.294 e. The van der Waals surface area contributed by atoms with Crippen molar-refractivity contribution in [3.63, 3.8) is 0 Å². The van der Waals surface area contributed by atoms with Gasteiger partial charge < -0.3 is 0 Å². The van der Waals surface area contributed by atoms with E-state index in [0.29, 0.717) is 28.0 Å². The van der Waals surface area contributed by atoms with Gasteiger partial charge in [-0.1, -0.05) is 92.9 Å². The van der Waals surface area contributed by atoms with Crippen LogP contribution in [0.1, 0.15) is 67.3 Å². The van der Waals surface area contributed by atoms with E-state index in [-0.39, 0.29) is 5.78 Å². The first-order valence-electron chi connectivity index (χ1n) is 9.88. The van der Waals surface area contributed by atoms with Gasteiger partial charge in [-0.2, -0.15) is 0 Å². The Morgan fingerprint density at radius 3 is 2.22 bits per heavy atom. The fourth-order valence-electron chi connectivity index (χ4n) is 3.77. The molecule has 2 nitrogen and oxygen atoms in total. The SMILES string of the molecule is O=C(CC1CCCCCCC1)c1ccc(CS(=O)c2ccccc2Cl)cc1. The summed E-state index contributed by atoms with van der Waals surface area (Å²) in [5.74, 6) is 1.17. The first kappa shape index (κ1) is 20.3. The molecule has 1 aliphatic carbocycles. The lowest BCUT2D eigenvalue weighted by Gasteiger charge is -2.18. The first-order chi connectivity index (χ1) is 13.1. The molecule has 0 aliphatic heterocycles. The Labute approximate surface area is 169 Å². The average molecular weight is 403 g/mol. The quantitative estimate of drug-likeness (QED) is 0.511. The van der Waals surface area contributed by atoms with Gasteiger partial charge in [-0.15, -0.1) is 0 Å². The van der Waals surface area contributed by atoms with E-state index in [2.05, 4.69) is 0 Å². The topological polar surface area (TPSA) is 34.1 Å². The molecule has 1 aliphatic rings. The molecule has 3 rings (SSSR count). The standard InChI is InChI=1S/C23H27ClO2S/c24-21-10-6-7-11-23(21)27(26)17-19-12-14-20(15-13-19)22(25)16-18-8-4-2-1-3-5-9-18/h6-7,10-15,18H,1-5,8-9,16-17H2. The van der Waals surface area contributed by atoms with Crippen LogP contribution in [0.2, 0.25) is 5.02 Å². The Bertz CT molecular complexity index is 777.